The summed E-state index contributed by atoms with van der Waals surface area (Å²) in [6.07, 6.45) is 2.74. The number of para-hydroxylation sites is 1. The van der Waals surface area contributed by atoms with Crippen LogP contribution >= 0.6 is 0 Å². The largest absolute Gasteiger partial charge is 0.451 e. The zero-order valence-electron chi connectivity index (χ0n) is 16.9. The second-order valence-corrected chi connectivity index (χ2v) is 9.90. The van der Waals surface area contributed by atoms with Crippen LogP contribution in [0.5, 0.6) is 0 Å². The number of ether oxygens (including phenoxy) is 1. The zero-order chi connectivity index (χ0) is 21.1. The van der Waals surface area contributed by atoms with Crippen molar-refractivity contribution in [2.45, 2.75) is 31.3 Å². The highest BCUT2D eigenvalue weighted by molar-refractivity contribution is 7.89. The van der Waals surface area contributed by atoms with Crippen LogP contribution in [-0.4, -0.2) is 44.7 Å². The van der Waals surface area contributed by atoms with E-state index in [1.165, 1.54) is 6.26 Å². The van der Waals surface area contributed by atoms with Crippen molar-refractivity contribution in [2.24, 2.45) is 0 Å². The summed E-state index contributed by atoms with van der Waals surface area (Å²) in [7, 11) is -3.32. The van der Waals surface area contributed by atoms with Gasteiger partial charge in [-0.15, -0.1) is 0 Å². The normalized spacial score (nSPS) is 15.6. The van der Waals surface area contributed by atoms with Crippen LogP contribution in [0.25, 0.3) is 11.0 Å². The molecule has 1 saturated heterocycles. The monoisotopic (exact) mass is 427 g/mol. The van der Waals surface area contributed by atoms with Crippen LogP contribution in [0, 0.1) is 0 Å². The SMILES string of the molecule is CS(=O)(=O)Cc1c(C(=O)N2CCC(OCc3ccccc3)CC2)oc2ccccc12. The quantitative estimate of drug-likeness (QED) is 0.598. The molecule has 2 aromatic carbocycles. The molecule has 0 saturated carbocycles. The van der Waals surface area contributed by atoms with Crippen LogP contribution in [0.2, 0.25) is 0 Å². The first-order chi connectivity index (χ1) is 14.4. The van der Waals surface area contributed by atoms with Gasteiger partial charge in [-0.05, 0) is 24.5 Å². The molecule has 0 radical (unpaired) electrons. The highest BCUT2D eigenvalue weighted by Gasteiger charge is 2.30. The summed E-state index contributed by atoms with van der Waals surface area (Å²) in [5.74, 6) is -0.349. The van der Waals surface area contributed by atoms with Crippen molar-refractivity contribution in [3.05, 3.63) is 71.5 Å². The number of sulfone groups is 1. The Morgan fingerprint density at radius 1 is 1.07 bits per heavy atom. The number of likely N-dealkylation sites (tertiary alicyclic amines) is 1. The second-order valence-electron chi connectivity index (χ2n) is 7.76. The molecule has 7 heteroatoms. The van der Waals surface area contributed by atoms with Gasteiger partial charge in [0, 0.05) is 30.3 Å². The smallest absolute Gasteiger partial charge is 0.289 e. The molecule has 2 heterocycles. The molecule has 1 amide bonds. The fraction of sp³-hybridized carbons (Fsp3) is 0.348. The summed E-state index contributed by atoms with van der Waals surface area (Å²) in [4.78, 5) is 14.9. The van der Waals surface area contributed by atoms with Crippen molar-refractivity contribution in [1.82, 2.24) is 4.90 Å². The molecule has 0 unspecified atom stereocenters. The summed E-state index contributed by atoms with van der Waals surface area (Å²) in [6, 6.07) is 17.2. The number of hydrogen-bond acceptors (Lipinski definition) is 5. The van der Waals surface area contributed by atoms with E-state index in [2.05, 4.69) is 0 Å². The molecule has 1 fully saturated rings. The van der Waals surface area contributed by atoms with Gasteiger partial charge in [0.05, 0.1) is 18.5 Å². The zero-order valence-corrected chi connectivity index (χ0v) is 17.7. The predicted octanol–water partition coefficient (Wildman–Crippen LogP) is 3.80. The van der Waals surface area contributed by atoms with Gasteiger partial charge in [0.2, 0.25) is 0 Å². The molecule has 30 heavy (non-hydrogen) atoms. The van der Waals surface area contributed by atoms with Crippen LogP contribution in [0.3, 0.4) is 0 Å². The molecule has 1 aromatic heterocycles. The van der Waals surface area contributed by atoms with E-state index in [1.54, 1.807) is 23.1 Å². The molecule has 0 aliphatic carbocycles. The highest BCUT2D eigenvalue weighted by atomic mass is 32.2. The van der Waals surface area contributed by atoms with Crippen molar-refractivity contribution < 1.29 is 22.4 Å². The molecule has 1 aliphatic rings. The number of amides is 1. The molecule has 1 aliphatic heterocycles. The Bertz CT molecular complexity index is 1130. The first kappa shape index (κ1) is 20.6. The lowest BCUT2D eigenvalue weighted by Crippen LogP contribution is -2.41. The molecule has 0 bridgehead atoms. The van der Waals surface area contributed by atoms with E-state index in [1.807, 2.05) is 36.4 Å². The molecule has 6 nitrogen and oxygen atoms in total. The van der Waals surface area contributed by atoms with Crippen LogP contribution in [-0.2, 0) is 26.9 Å². The number of piperidine rings is 1. The van der Waals surface area contributed by atoms with Crippen LogP contribution in [0.1, 0.15) is 34.5 Å². The third-order valence-corrected chi connectivity index (χ3v) is 6.17. The number of carbonyl (C=O) groups excluding carboxylic acids is 1. The number of carbonyl (C=O) groups is 1. The summed E-state index contributed by atoms with van der Waals surface area (Å²) >= 11 is 0. The lowest BCUT2D eigenvalue weighted by Gasteiger charge is -2.31. The maximum absolute atomic E-state index is 13.2. The molecule has 0 atom stereocenters. The maximum atomic E-state index is 13.2. The van der Waals surface area contributed by atoms with Gasteiger partial charge in [-0.25, -0.2) is 8.42 Å². The van der Waals surface area contributed by atoms with Gasteiger partial charge in [0.25, 0.3) is 5.91 Å². The third-order valence-electron chi connectivity index (χ3n) is 5.36. The van der Waals surface area contributed by atoms with Gasteiger partial charge in [-0.3, -0.25) is 4.79 Å². The highest BCUT2D eigenvalue weighted by Crippen LogP contribution is 2.29. The standard InChI is InChI=1S/C23H25NO5S/c1-30(26,27)16-20-19-9-5-6-10-21(19)29-22(20)23(25)24-13-11-18(12-14-24)28-15-17-7-3-2-4-8-17/h2-10,18H,11-16H2,1H3. The molecular formula is C23H25NO5S. The molecule has 0 spiro atoms. The number of furan rings is 1. The fourth-order valence-electron chi connectivity index (χ4n) is 3.83. The number of hydrogen-bond donors (Lipinski definition) is 0. The topological polar surface area (TPSA) is 76.8 Å². The number of fused-ring (bicyclic) bond motifs is 1. The van der Waals surface area contributed by atoms with E-state index in [4.69, 9.17) is 9.15 Å². The van der Waals surface area contributed by atoms with Gasteiger partial charge in [-0.1, -0.05) is 48.5 Å². The Balaban J connectivity index is 1.45. The Labute approximate surface area is 176 Å². The minimum absolute atomic E-state index is 0.0976. The number of nitrogens with zero attached hydrogens (tertiary/aromatic N) is 1. The minimum atomic E-state index is -3.32. The van der Waals surface area contributed by atoms with E-state index in [0.29, 0.717) is 36.2 Å². The summed E-state index contributed by atoms with van der Waals surface area (Å²) in [6.45, 7) is 1.66. The fourth-order valence-corrected chi connectivity index (χ4v) is 4.65. The van der Waals surface area contributed by atoms with Gasteiger partial charge in [0.15, 0.2) is 15.6 Å². The van der Waals surface area contributed by atoms with Crippen molar-refractivity contribution in [2.75, 3.05) is 19.3 Å². The number of rotatable bonds is 6. The van der Waals surface area contributed by atoms with Gasteiger partial charge < -0.3 is 14.1 Å². The van der Waals surface area contributed by atoms with Crippen LogP contribution < -0.4 is 0 Å². The van der Waals surface area contributed by atoms with Crippen molar-refractivity contribution in [1.29, 1.82) is 0 Å². The van der Waals surface area contributed by atoms with Crippen molar-refractivity contribution >= 4 is 26.7 Å². The lowest BCUT2D eigenvalue weighted by molar-refractivity contribution is -0.00102. The second kappa shape index (κ2) is 8.62. The summed E-state index contributed by atoms with van der Waals surface area (Å²) in [5.41, 5.74) is 2.10. The van der Waals surface area contributed by atoms with Crippen LogP contribution in [0.15, 0.2) is 59.0 Å². The molecule has 158 valence electrons. The van der Waals surface area contributed by atoms with Crippen molar-refractivity contribution in [3.8, 4) is 0 Å². The Morgan fingerprint density at radius 2 is 1.73 bits per heavy atom. The van der Waals surface area contributed by atoms with E-state index < -0.39 is 9.84 Å². The van der Waals surface area contributed by atoms with E-state index in [-0.39, 0.29) is 23.5 Å². The number of benzene rings is 2. The first-order valence-electron chi connectivity index (χ1n) is 10.0. The van der Waals surface area contributed by atoms with E-state index in [9.17, 15) is 13.2 Å². The average molecular weight is 428 g/mol. The van der Waals surface area contributed by atoms with Crippen LogP contribution in [0.4, 0.5) is 0 Å². The summed E-state index contributed by atoms with van der Waals surface area (Å²) in [5, 5.41) is 0.673. The predicted molar refractivity (Wildman–Crippen MR) is 115 cm³/mol. The third kappa shape index (κ3) is 4.74. The van der Waals surface area contributed by atoms with E-state index in [0.717, 1.165) is 18.4 Å². The first-order valence-corrected chi connectivity index (χ1v) is 12.1. The Morgan fingerprint density at radius 3 is 2.43 bits per heavy atom. The van der Waals surface area contributed by atoms with Gasteiger partial charge in [-0.2, -0.15) is 0 Å². The van der Waals surface area contributed by atoms with E-state index >= 15 is 0 Å². The Kier molecular flexibility index (Phi) is 5.92. The molecule has 4 rings (SSSR count). The maximum Gasteiger partial charge on any atom is 0.289 e. The van der Waals surface area contributed by atoms with Crippen molar-refractivity contribution in [3.63, 3.8) is 0 Å². The molecule has 0 N–H and O–H groups in total. The average Bonchev–Trinajstić information content (AvgIpc) is 3.10. The molecular weight excluding hydrogens is 402 g/mol. The Hall–Kier alpha value is -2.64. The summed E-state index contributed by atoms with van der Waals surface area (Å²) < 4.78 is 35.7. The lowest BCUT2D eigenvalue weighted by atomic mass is 10.1. The minimum Gasteiger partial charge on any atom is -0.451 e. The molecule has 3 aromatic rings. The van der Waals surface area contributed by atoms with Gasteiger partial charge in [0.1, 0.15) is 5.58 Å². The van der Waals surface area contributed by atoms with Gasteiger partial charge >= 0.3 is 0 Å².